The van der Waals surface area contributed by atoms with E-state index in [9.17, 15) is 9.59 Å². The highest BCUT2D eigenvalue weighted by molar-refractivity contribution is 7.80. The number of carboxylic acids is 1. The number of rotatable bonds is 6. The quantitative estimate of drug-likeness (QED) is 0.604. The van der Waals surface area contributed by atoms with E-state index < -0.39 is 5.97 Å². The van der Waals surface area contributed by atoms with Gasteiger partial charge in [-0.2, -0.15) is 0 Å². The molecule has 1 saturated heterocycles. The van der Waals surface area contributed by atoms with Crippen LogP contribution in [0.1, 0.15) is 39.9 Å². The summed E-state index contributed by atoms with van der Waals surface area (Å²) in [6.45, 7) is 4.84. The van der Waals surface area contributed by atoms with E-state index in [2.05, 4.69) is 5.32 Å². The second kappa shape index (κ2) is 7.88. The van der Waals surface area contributed by atoms with Gasteiger partial charge >= 0.3 is 11.9 Å². The van der Waals surface area contributed by atoms with Crippen LogP contribution in [0.3, 0.4) is 0 Å². The van der Waals surface area contributed by atoms with Crippen molar-refractivity contribution in [2.24, 2.45) is 11.8 Å². The zero-order chi connectivity index (χ0) is 17.0. The molecule has 0 aromatic carbocycles. The third-order valence-corrected chi connectivity index (χ3v) is 5.75. The largest absolute Gasteiger partial charge is 0.477 e. The van der Waals surface area contributed by atoms with Crippen LogP contribution in [0.4, 0.5) is 0 Å². The molecule has 126 valence electrons. The van der Waals surface area contributed by atoms with Gasteiger partial charge in [-0.15, -0.1) is 11.3 Å². The third kappa shape index (κ3) is 4.51. The standard InChI is InChI=1S/C16H21NO4S2/c1-3-21-16(20)11-7-10(8-17-14(11)22)4-5-12-9(2)6-13(23-12)15(18)19/h6,10-11H,3-5,7-8H2,1-2H3,(H,17,22)(H,18,19). The summed E-state index contributed by atoms with van der Waals surface area (Å²) in [5.41, 5.74) is 1.02. The van der Waals surface area contributed by atoms with Crippen LogP contribution in [0.2, 0.25) is 0 Å². The van der Waals surface area contributed by atoms with Crippen molar-refractivity contribution < 1.29 is 19.4 Å². The van der Waals surface area contributed by atoms with Crippen molar-refractivity contribution in [3.8, 4) is 0 Å². The van der Waals surface area contributed by atoms with Crippen LogP contribution in [0.15, 0.2) is 6.07 Å². The zero-order valence-electron chi connectivity index (χ0n) is 13.3. The summed E-state index contributed by atoms with van der Waals surface area (Å²) in [5.74, 6) is -1.17. The van der Waals surface area contributed by atoms with Gasteiger partial charge in [0.15, 0.2) is 0 Å². The number of esters is 1. The second-order valence-corrected chi connectivity index (χ2v) is 7.29. The lowest BCUT2D eigenvalue weighted by Gasteiger charge is -2.29. The van der Waals surface area contributed by atoms with Gasteiger partial charge in [0.25, 0.3) is 0 Å². The highest BCUT2D eigenvalue weighted by atomic mass is 32.1. The van der Waals surface area contributed by atoms with Crippen molar-refractivity contribution in [1.29, 1.82) is 0 Å². The smallest absolute Gasteiger partial charge is 0.345 e. The van der Waals surface area contributed by atoms with E-state index in [1.807, 2.05) is 6.92 Å². The highest BCUT2D eigenvalue weighted by Crippen LogP contribution is 2.28. The number of thiophene rings is 1. The SMILES string of the molecule is CCOC(=O)C1CC(CCc2sc(C(=O)O)cc2C)CNC1=S. The van der Waals surface area contributed by atoms with Crippen LogP contribution in [0.5, 0.6) is 0 Å². The minimum Gasteiger partial charge on any atom is -0.477 e. The van der Waals surface area contributed by atoms with Gasteiger partial charge in [-0.05, 0) is 50.7 Å². The van der Waals surface area contributed by atoms with Gasteiger partial charge in [0.05, 0.1) is 11.6 Å². The van der Waals surface area contributed by atoms with E-state index in [4.69, 9.17) is 22.1 Å². The van der Waals surface area contributed by atoms with Crippen molar-refractivity contribution in [3.63, 3.8) is 0 Å². The molecule has 7 heteroatoms. The van der Waals surface area contributed by atoms with Crippen molar-refractivity contribution in [3.05, 3.63) is 21.4 Å². The Morgan fingerprint density at radius 1 is 1.52 bits per heavy atom. The molecular formula is C16H21NO4S2. The lowest BCUT2D eigenvalue weighted by molar-refractivity contribution is -0.146. The molecule has 0 spiro atoms. The average molecular weight is 355 g/mol. The molecule has 2 unspecified atom stereocenters. The Labute approximate surface area is 145 Å². The van der Waals surface area contributed by atoms with E-state index in [1.165, 1.54) is 11.3 Å². The molecule has 1 fully saturated rings. The lowest BCUT2D eigenvalue weighted by Crippen LogP contribution is -2.44. The number of aryl methyl sites for hydroxylation is 2. The maximum absolute atomic E-state index is 11.9. The van der Waals surface area contributed by atoms with Gasteiger partial charge in [-0.3, -0.25) is 4.79 Å². The molecule has 0 saturated carbocycles. The molecule has 2 N–H and O–H groups in total. The molecule has 5 nitrogen and oxygen atoms in total. The Hall–Kier alpha value is -1.47. The monoisotopic (exact) mass is 355 g/mol. The first-order chi connectivity index (χ1) is 10.9. The molecule has 1 aromatic rings. The first kappa shape index (κ1) is 17.9. The van der Waals surface area contributed by atoms with Crippen LogP contribution >= 0.6 is 23.6 Å². The summed E-state index contributed by atoms with van der Waals surface area (Å²) in [6, 6.07) is 1.72. The molecule has 0 aliphatic carbocycles. The highest BCUT2D eigenvalue weighted by Gasteiger charge is 2.32. The fourth-order valence-electron chi connectivity index (χ4n) is 2.77. The normalized spacial score (nSPS) is 20.9. The van der Waals surface area contributed by atoms with Gasteiger partial charge in [-0.1, -0.05) is 12.2 Å². The number of hydrogen-bond acceptors (Lipinski definition) is 5. The Morgan fingerprint density at radius 2 is 2.26 bits per heavy atom. The molecule has 0 bridgehead atoms. The summed E-state index contributed by atoms with van der Waals surface area (Å²) in [5, 5.41) is 12.2. The number of carboxylic acid groups (broad SMARTS) is 1. The second-order valence-electron chi connectivity index (χ2n) is 5.71. The first-order valence-corrected chi connectivity index (χ1v) is 8.91. The summed E-state index contributed by atoms with van der Waals surface area (Å²) in [4.78, 5) is 25.0. The number of thiocarbonyl (C=S) groups is 1. The molecule has 2 rings (SSSR count). The maximum Gasteiger partial charge on any atom is 0.345 e. The van der Waals surface area contributed by atoms with Gasteiger partial charge in [0.1, 0.15) is 10.8 Å². The van der Waals surface area contributed by atoms with Crippen LogP contribution in [0, 0.1) is 18.8 Å². The van der Waals surface area contributed by atoms with Gasteiger partial charge in [-0.25, -0.2) is 4.79 Å². The summed E-state index contributed by atoms with van der Waals surface area (Å²) in [6.07, 6.45) is 2.41. The number of carbonyl (C=O) groups excluding carboxylic acids is 1. The molecule has 2 heterocycles. The number of piperidine rings is 1. The Bertz CT molecular complexity index is 611. The minimum atomic E-state index is -0.878. The topological polar surface area (TPSA) is 75.6 Å². The van der Waals surface area contributed by atoms with Gasteiger partial charge in [0, 0.05) is 11.4 Å². The number of carbonyl (C=O) groups is 2. The van der Waals surface area contributed by atoms with E-state index in [0.717, 1.165) is 29.8 Å². The van der Waals surface area contributed by atoms with E-state index in [-0.39, 0.29) is 11.9 Å². The molecule has 1 aliphatic heterocycles. The van der Waals surface area contributed by atoms with Gasteiger partial charge in [0.2, 0.25) is 0 Å². The summed E-state index contributed by atoms with van der Waals surface area (Å²) < 4.78 is 5.08. The summed E-state index contributed by atoms with van der Waals surface area (Å²) >= 11 is 6.56. The predicted molar refractivity (Wildman–Crippen MR) is 93.2 cm³/mol. The molecule has 0 amide bonds. The fourth-order valence-corrected chi connectivity index (χ4v) is 4.07. The maximum atomic E-state index is 11.9. The van der Waals surface area contributed by atoms with Crippen molar-refractivity contribution >= 4 is 40.5 Å². The number of ether oxygens (including phenoxy) is 1. The molecule has 0 radical (unpaired) electrons. The first-order valence-electron chi connectivity index (χ1n) is 7.69. The average Bonchev–Trinajstić information content (AvgIpc) is 2.88. The number of nitrogens with one attached hydrogen (secondary N) is 1. The molecule has 23 heavy (non-hydrogen) atoms. The van der Waals surface area contributed by atoms with E-state index >= 15 is 0 Å². The van der Waals surface area contributed by atoms with Crippen LogP contribution in [0.25, 0.3) is 0 Å². The number of aromatic carboxylic acids is 1. The number of hydrogen-bond donors (Lipinski definition) is 2. The van der Waals surface area contributed by atoms with Crippen molar-refractivity contribution in [1.82, 2.24) is 5.32 Å². The zero-order valence-corrected chi connectivity index (χ0v) is 14.9. The Morgan fingerprint density at radius 3 is 2.87 bits per heavy atom. The minimum absolute atomic E-state index is 0.254. The van der Waals surface area contributed by atoms with Crippen molar-refractivity contribution in [2.75, 3.05) is 13.2 Å². The molecule has 1 aliphatic rings. The Balaban J connectivity index is 1.94. The summed E-state index contributed by atoms with van der Waals surface area (Å²) in [7, 11) is 0. The lowest BCUT2D eigenvalue weighted by atomic mass is 9.87. The molecule has 2 atom stereocenters. The van der Waals surface area contributed by atoms with E-state index in [1.54, 1.807) is 13.0 Å². The van der Waals surface area contributed by atoms with Crippen LogP contribution in [-0.2, 0) is 16.0 Å². The van der Waals surface area contributed by atoms with Crippen molar-refractivity contribution in [2.45, 2.75) is 33.1 Å². The fraction of sp³-hybridized carbons (Fsp3) is 0.562. The molecule has 1 aromatic heterocycles. The van der Waals surface area contributed by atoms with Crippen LogP contribution in [-0.4, -0.2) is 35.2 Å². The Kier molecular flexibility index (Phi) is 6.12. The molecular weight excluding hydrogens is 334 g/mol. The third-order valence-electron chi connectivity index (χ3n) is 4.03. The van der Waals surface area contributed by atoms with Crippen LogP contribution < -0.4 is 5.32 Å². The van der Waals surface area contributed by atoms with E-state index in [0.29, 0.717) is 28.8 Å². The van der Waals surface area contributed by atoms with Gasteiger partial charge < -0.3 is 15.2 Å². The predicted octanol–water partition coefficient (Wildman–Crippen LogP) is 2.80.